The maximum Gasteiger partial charge on any atom is 0.230 e. The molecule has 0 radical (unpaired) electrons. The van der Waals surface area contributed by atoms with Gasteiger partial charge in [0.1, 0.15) is 0 Å². The molecule has 0 saturated carbocycles. The van der Waals surface area contributed by atoms with Crippen molar-refractivity contribution in [3.05, 3.63) is 0 Å². The summed E-state index contributed by atoms with van der Waals surface area (Å²) in [4.78, 5) is 17.0. The number of carbonyl (C=O) groups excluding carboxylic acids is 1. The summed E-state index contributed by atoms with van der Waals surface area (Å²) in [6, 6.07) is 0. The molecule has 0 bridgehead atoms. The van der Waals surface area contributed by atoms with Gasteiger partial charge in [0, 0.05) is 40.0 Å². The molecular weight excluding hydrogens is 270 g/mol. The van der Waals surface area contributed by atoms with Gasteiger partial charge in [0.2, 0.25) is 5.91 Å². The van der Waals surface area contributed by atoms with Crippen molar-refractivity contribution in [3.63, 3.8) is 0 Å². The molecule has 0 aromatic carbocycles. The van der Waals surface area contributed by atoms with Gasteiger partial charge in [0.25, 0.3) is 0 Å². The van der Waals surface area contributed by atoms with Crippen LogP contribution in [0.1, 0.15) is 19.3 Å². The fourth-order valence-electron chi connectivity index (χ4n) is 2.70. The standard InChI is InChI=1S/C15H31N3O3/c1-17(2)7-4-8-18(9-12-20-3)14(19)15(13-16)5-10-21-11-6-15/h4-13,16H2,1-3H3. The Labute approximate surface area is 128 Å². The van der Waals surface area contributed by atoms with Gasteiger partial charge >= 0.3 is 0 Å². The van der Waals surface area contributed by atoms with Crippen molar-refractivity contribution < 1.29 is 14.3 Å². The van der Waals surface area contributed by atoms with Crippen LogP contribution in [0.3, 0.4) is 0 Å². The molecule has 1 rings (SSSR count). The highest BCUT2D eigenvalue weighted by atomic mass is 16.5. The highest BCUT2D eigenvalue weighted by Gasteiger charge is 2.41. The topological polar surface area (TPSA) is 68.0 Å². The fraction of sp³-hybridized carbons (Fsp3) is 0.933. The minimum atomic E-state index is -0.440. The summed E-state index contributed by atoms with van der Waals surface area (Å²) in [5, 5.41) is 0. The van der Waals surface area contributed by atoms with Gasteiger partial charge in [-0.25, -0.2) is 0 Å². The summed E-state index contributed by atoms with van der Waals surface area (Å²) in [7, 11) is 5.75. The SMILES string of the molecule is COCCN(CCCN(C)C)C(=O)C1(CN)CCOCC1. The largest absolute Gasteiger partial charge is 0.383 e. The van der Waals surface area contributed by atoms with Crippen molar-refractivity contribution in [1.82, 2.24) is 9.80 Å². The van der Waals surface area contributed by atoms with E-state index in [9.17, 15) is 4.79 Å². The van der Waals surface area contributed by atoms with E-state index in [4.69, 9.17) is 15.2 Å². The molecule has 1 saturated heterocycles. The lowest BCUT2D eigenvalue weighted by molar-refractivity contribution is -0.148. The highest BCUT2D eigenvalue weighted by molar-refractivity contribution is 5.83. The number of hydrogen-bond donors (Lipinski definition) is 1. The van der Waals surface area contributed by atoms with E-state index in [1.54, 1.807) is 7.11 Å². The lowest BCUT2D eigenvalue weighted by atomic mass is 9.79. The van der Waals surface area contributed by atoms with Crippen molar-refractivity contribution in [1.29, 1.82) is 0 Å². The molecule has 6 nitrogen and oxygen atoms in total. The van der Waals surface area contributed by atoms with Gasteiger partial charge < -0.3 is 25.0 Å². The second-order valence-corrected chi connectivity index (χ2v) is 6.04. The number of hydrogen-bond acceptors (Lipinski definition) is 5. The smallest absolute Gasteiger partial charge is 0.230 e. The van der Waals surface area contributed by atoms with Gasteiger partial charge in [-0.3, -0.25) is 4.79 Å². The van der Waals surface area contributed by atoms with Crippen molar-refractivity contribution in [2.24, 2.45) is 11.1 Å². The highest BCUT2D eigenvalue weighted by Crippen LogP contribution is 2.31. The molecule has 124 valence electrons. The number of nitrogens with zero attached hydrogens (tertiary/aromatic N) is 2. The van der Waals surface area contributed by atoms with Crippen LogP contribution in [0.2, 0.25) is 0 Å². The zero-order chi connectivity index (χ0) is 15.7. The third-order valence-corrected chi connectivity index (χ3v) is 4.18. The van der Waals surface area contributed by atoms with E-state index in [0.717, 1.165) is 32.4 Å². The molecule has 0 atom stereocenters. The molecule has 1 amide bonds. The summed E-state index contributed by atoms with van der Waals surface area (Å²) < 4.78 is 10.5. The number of methoxy groups -OCH3 is 1. The van der Waals surface area contributed by atoms with Gasteiger partial charge in [-0.15, -0.1) is 0 Å². The Bertz CT molecular complexity index is 305. The van der Waals surface area contributed by atoms with E-state index in [2.05, 4.69) is 4.90 Å². The zero-order valence-electron chi connectivity index (χ0n) is 13.8. The van der Waals surface area contributed by atoms with E-state index in [1.165, 1.54) is 0 Å². The van der Waals surface area contributed by atoms with Crippen LogP contribution in [-0.4, -0.2) is 82.9 Å². The Morgan fingerprint density at radius 2 is 1.90 bits per heavy atom. The second kappa shape index (κ2) is 9.35. The van der Waals surface area contributed by atoms with Gasteiger partial charge in [-0.2, -0.15) is 0 Å². The average molecular weight is 301 g/mol. The number of rotatable bonds is 9. The molecule has 0 spiro atoms. The molecule has 0 aliphatic carbocycles. The molecule has 21 heavy (non-hydrogen) atoms. The minimum absolute atomic E-state index is 0.170. The maximum absolute atomic E-state index is 13.0. The summed E-state index contributed by atoms with van der Waals surface area (Å²) in [6.45, 7) is 4.55. The monoisotopic (exact) mass is 301 g/mol. The minimum Gasteiger partial charge on any atom is -0.383 e. The van der Waals surface area contributed by atoms with E-state index in [0.29, 0.717) is 32.9 Å². The molecule has 2 N–H and O–H groups in total. The number of carbonyl (C=O) groups is 1. The van der Waals surface area contributed by atoms with Crippen LogP contribution in [0, 0.1) is 5.41 Å². The second-order valence-electron chi connectivity index (χ2n) is 6.04. The van der Waals surface area contributed by atoms with Gasteiger partial charge in [-0.1, -0.05) is 0 Å². The Morgan fingerprint density at radius 3 is 2.43 bits per heavy atom. The van der Waals surface area contributed by atoms with Gasteiger partial charge in [0.15, 0.2) is 0 Å². The molecule has 1 fully saturated rings. The predicted octanol–water partition coefficient (Wildman–Crippen LogP) is 0.169. The number of amides is 1. The Morgan fingerprint density at radius 1 is 1.24 bits per heavy atom. The third-order valence-electron chi connectivity index (χ3n) is 4.18. The van der Waals surface area contributed by atoms with Crippen LogP contribution in [0.5, 0.6) is 0 Å². The van der Waals surface area contributed by atoms with Crippen molar-refractivity contribution in [2.75, 3.05) is 67.2 Å². The van der Waals surface area contributed by atoms with E-state index in [-0.39, 0.29) is 5.91 Å². The molecule has 6 heteroatoms. The first-order valence-electron chi connectivity index (χ1n) is 7.76. The van der Waals surface area contributed by atoms with Crippen LogP contribution in [0.25, 0.3) is 0 Å². The first kappa shape index (κ1) is 18.4. The van der Waals surface area contributed by atoms with Gasteiger partial charge in [-0.05, 0) is 39.9 Å². The molecule has 0 aromatic heterocycles. The van der Waals surface area contributed by atoms with Crippen molar-refractivity contribution in [3.8, 4) is 0 Å². The van der Waals surface area contributed by atoms with E-state index in [1.807, 2.05) is 19.0 Å². The predicted molar refractivity (Wildman–Crippen MR) is 83.2 cm³/mol. The zero-order valence-corrected chi connectivity index (χ0v) is 13.8. The van der Waals surface area contributed by atoms with E-state index >= 15 is 0 Å². The molecule has 1 heterocycles. The lowest BCUT2D eigenvalue weighted by Gasteiger charge is -2.39. The quantitative estimate of drug-likeness (QED) is 0.657. The first-order chi connectivity index (χ1) is 10.1. The lowest BCUT2D eigenvalue weighted by Crippen LogP contribution is -2.52. The van der Waals surface area contributed by atoms with Crippen LogP contribution < -0.4 is 5.73 Å². The van der Waals surface area contributed by atoms with E-state index < -0.39 is 5.41 Å². The van der Waals surface area contributed by atoms with Gasteiger partial charge in [0.05, 0.1) is 12.0 Å². The Kier molecular flexibility index (Phi) is 8.18. The van der Waals surface area contributed by atoms with Crippen LogP contribution in [0.4, 0.5) is 0 Å². The Balaban J connectivity index is 2.67. The van der Waals surface area contributed by atoms with Crippen LogP contribution in [0.15, 0.2) is 0 Å². The number of nitrogens with two attached hydrogens (primary N) is 1. The summed E-state index contributed by atoms with van der Waals surface area (Å²) in [6.07, 6.45) is 2.40. The molecule has 0 unspecified atom stereocenters. The molecule has 0 aromatic rings. The first-order valence-corrected chi connectivity index (χ1v) is 7.76. The maximum atomic E-state index is 13.0. The Hall–Kier alpha value is -0.690. The summed E-state index contributed by atoms with van der Waals surface area (Å²) in [5.41, 5.74) is 5.50. The third kappa shape index (κ3) is 5.54. The van der Waals surface area contributed by atoms with Crippen molar-refractivity contribution >= 4 is 5.91 Å². The van der Waals surface area contributed by atoms with Crippen molar-refractivity contribution in [2.45, 2.75) is 19.3 Å². The molecule has 1 aliphatic heterocycles. The molecular formula is C15H31N3O3. The average Bonchev–Trinajstić information content (AvgIpc) is 2.50. The fourth-order valence-corrected chi connectivity index (χ4v) is 2.70. The molecule has 1 aliphatic rings. The van der Waals surface area contributed by atoms with Crippen LogP contribution >= 0.6 is 0 Å². The summed E-state index contributed by atoms with van der Waals surface area (Å²) in [5.74, 6) is 0.170. The summed E-state index contributed by atoms with van der Waals surface area (Å²) >= 11 is 0. The number of ether oxygens (including phenoxy) is 2. The normalized spacial score (nSPS) is 18.0. The van der Waals surface area contributed by atoms with Crippen LogP contribution in [-0.2, 0) is 14.3 Å².